The van der Waals surface area contributed by atoms with E-state index in [9.17, 15) is 5.11 Å². The van der Waals surface area contributed by atoms with Crippen LogP contribution < -0.4 is 0 Å². The Balaban J connectivity index is 1.53. The average Bonchev–Trinajstić information content (AvgIpc) is 3.51. The third-order valence-corrected chi connectivity index (χ3v) is 6.23. The quantitative estimate of drug-likeness (QED) is 0.320. The fourth-order valence-electron chi connectivity index (χ4n) is 4.59. The van der Waals surface area contributed by atoms with Crippen molar-refractivity contribution in [2.24, 2.45) is 0 Å². The van der Waals surface area contributed by atoms with Crippen LogP contribution in [0.1, 0.15) is 0 Å². The number of phenols is 1. The van der Waals surface area contributed by atoms with Gasteiger partial charge in [-0.05, 0) is 28.5 Å². The highest BCUT2D eigenvalue weighted by Crippen LogP contribution is 2.42. The molecule has 4 aromatic carbocycles. The SMILES string of the molecule is Oc1cc2ccccc2cc1-c1nc2c3c(-c4ccccc4)c(-c4ccccc4)oc3ncn2n1. The van der Waals surface area contributed by atoms with Crippen LogP contribution in [0.5, 0.6) is 5.75 Å². The second-order valence-electron chi connectivity index (χ2n) is 8.38. The van der Waals surface area contributed by atoms with E-state index in [1.807, 2.05) is 91.0 Å². The summed E-state index contributed by atoms with van der Waals surface area (Å²) in [5, 5.41) is 18.2. The Morgan fingerprint density at radius 1 is 0.743 bits per heavy atom. The normalized spacial score (nSPS) is 11.5. The molecule has 0 aliphatic carbocycles. The molecule has 0 atom stereocenters. The van der Waals surface area contributed by atoms with Crippen molar-refractivity contribution in [1.82, 2.24) is 19.6 Å². The Kier molecular flexibility index (Phi) is 4.20. The summed E-state index contributed by atoms with van der Waals surface area (Å²) in [7, 11) is 0. The van der Waals surface area contributed by atoms with E-state index in [2.05, 4.69) is 10.1 Å². The number of rotatable bonds is 3. The summed E-state index contributed by atoms with van der Waals surface area (Å²) >= 11 is 0. The Bertz CT molecular complexity index is 1850. The van der Waals surface area contributed by atoms with Crippen LogP contribution in [0.4, 0.5) is 0 Å². The fourth-order valence-corrected chi connectivity index (χ4v) is 4.59. The van der Waals surface area contributed by atoms with Gasteiger partial charge in [-0.1, -0.05) is 84.9 Å². The fraction of sp³-hybridized carbons (Fsp3) is 0. The van der Waals surface area contributed by atoms with Crippen LogP contribution in [0.3, 0.4) is 0 Å². The van der Waals surface area contributed by atoms with Crippen molar-refractivity contribution in [3.63, 3.8) is 0 Å². The van der Waals surface area contributed by atoms with Crippen molar-refractivity contribution in [1.29, 1.82) is 0 Å². The van der Waals surface area contributed by atoms with Gasteiger partial charge in [0.2, 0.25) is 5.71 Å². The van der Waals surface area contributed by atoms with E-state index in [4.69, 9.17) is 9.40 Å². The lowest BCUT2D eigenvalue weighted by Crippen LogP contribution is -1.90. The summed E-state index contributed by atoms with van der Waals surface area (Å²) < 4.78 is 7.94. The molecule has 3 heterocycles. The molecule has 0 saturated heterocycles. The molecule has 166 valence electrons. The van der Waals surface area contributed by atoms with Gasteiger partial charge in [-0.15, -0.1) is 5.10 Å². The monoisotopic (exact) mass is 454 g/mol. The molecule has 0 aliphatic rings. The van der Waals surface area contributed by atoms with Crippen LogP contribution >= 0.6 is 0 Å². The van der Waals surface area contributed by atoms with Gasteiger partial charge in [-0.25, -0.2) is 14.5 Å². The molecular formula is C29H18N4O2. The second-order valence-corrected chi connectivity index (χ2v) is 8.38. The van der Waals surface area contributed by atoms with Crippen molar-refractivity contribution < 1.29 is 9.52 Å². The van der Waals surface area contributed by atoms with E-state index in [0.29, 0.717) is 22.7 Å². The van der Waals surface area contributed by atoms with Crippen LogP contribution in [0.2, 0.25) is 0 Å². The van der Waals surface area contributed by atoms with E-state index >= 15 is 0 Å². The number of hydrogen-bond donors (Lipinski definition) is 1. The lowest BCUT2D eigenvalue weighted by Gasteiger charge is -2.04. The molecule has 7 rings (SSSR count). The first-order valence-corrected chi connectivity index (χ1v) is 11.3. The van der Waals surface area contributed by atoms with Crippen molar-refractivity contribution >= 4 is 27.5 Å². The van der Waals surface area contributed by atoms with Gasteiger partial charge in [0.05, 0.1) is 10.9 Å². The topological polar surface area (TPSA) is 76.5 Å². The molecule has 0 fully saturated rings. The van der Waals surface area contributed by atoms with Gasteiger partial charge in [-0.2, -0.15) is 0 Å². The number of fused-ring (bicyclic) bond motifs is 4. The minimum Gasteiger partial charge on any atom is -0.507 e. The molecule has 6 nitrogen and oxygen atoms in total. The van der Waals surface area contributed by atoms with Crippen molar-refractivity contribution in [3.8, 4) is 39.6 Å². The average molecular weight is 454 g/mol. The molecular weight excluding hydrogens is 436 g/mol. The number of aromatic nitrogens is 4. The highest BCUT2D eigenvalue weighted by atomic mass is 16.3. The van der Waals surface area contributed by atoms with Crippen molar-refractivity contribution in [2.75, 3.05) is 0 Å². The Morgan fingerprint density at radius 2 is 1.40 bits per heavy atom. The predicted octanol–water partition coefficient (Wildman–Crippen LogP) is 6.73. The largest absolute Gasteiger partial charge is 0.507 e. The molecule has 0 saturated carbocycles. The Labute approximate surface area is 199 Å². The lowest BCUT2D eigenvalue weighted by atomic mass is 9.99. The van der Waals surface area contributed by atoms with E-state index in [-0.39, 0.29) is 5.75 Å². The number of nitrogens with zero attached hydrogens (tertiary/aromatic N) is 4. The third kappa shape index (κ3) is 3.08. The Morgan fingerprint density at radius 3 is 2.14 bits per heavy atom. The zero-order chi connectivity index (χ0) is 23.4. The van der Waals surface area contributed by atoms with Crippen molar-refractivity contribution in [3.05, 3.63) is 103 Å². The minimum absolute atomic E-state index is 0.129. The van der Waals surface area contributed by atoms with Gasteiger partial charge in [0.25, 0.3) is 0 Å². The van der Waals surface area contributed by atoms with Crippen LogP contribution in [0.25, 0.3) is 61.4 Å². The van der Waals surface area contributed by atoms with E-state index in [1.165, 1.54) is 0 Å². The molecule has 3 aromatic heterocycles. The summed E-state index contributed by atoms with van der Waals surface area (Å²) in [6.07, 6.45) is 1.60. The number of benzene rings is 4. The first kappa shape index (κ1) is 19.5. The second kappa shape index (κ2) is 7.53. The zero-order valence-electron chi connectivity index (χ0n) is 18.5. The third-order valence-electron chi connectivity index (χ3n) is 6.23. The number of hydrogen-bond acceptors (Lipinski definition) is 5. The highest BCUT2D eigenvalue weighted by molar-refractivity contribution is 6.07. The van der Waals surface area contributed by atoms with Crippen LogP contribution in [-0.2, 0) is 0 Å². The molecule has 0 aliphatic heterocycles. The molecule has 6 heteroatoms. The standard InChI is InChI=1S/C29H18N4O2/c34-23-16-21-14-8-7-13-20(21)15-22(23)27-31-28-25-24(18-9-3-1-4-10-18)26(19-11-5-2-6-12-19)35-29(25)30-17-33(28)32-27/h1-17,34H. The first-order chi connectivity index (χ1) is 17.3. The maximum atomic E-state index is 10.8. The van der Waals surface area contributed by atoms with Gasteiger partial charge in [0.15, 0.2) is 11.5 Å². The molecule has 0 radical (unpaired) electrons. The van der Waals surface area contributed by atoms with E-state index < -0.39 is 0 Å². The smallest absolute Gasteiger partial charge is 0.232 e. The van der Waals surface area contributed by atoms with Gasteiger partial charge < -0.3 is 9.52 Å². The maximum Gasteiger partial charge on any atom is 0.232 e. The number of furan rings is 1. The summed E-state index contributed by atoms with van der Waals surface area (Å²) in [6, 6.07) is 31.6. The zero-order valence-corrected chi connectivity index (χ0v) is 18.5. The lowest BCUT2D eigenvalue weighted by molar-refractivity contribution is 0.477. The van der Waals surface area contributed by atoms with Crippen LogP contribution in [0, 0.1) is 0 Å². The summed E-state index contributed by atoms with van der Waals surface area (Å²) in [5.41, 5.74) is 4.52. The Hall–Kier alpha value is -4.97. The molecule has 35 heavy (non-hydrogen) atoms. The minimum atomic E-state index is 0.129. The van der Waals surface area contributed by atoms with Crippen LogP contribution in [-0.4, -0.2) is 24.7 Å². The number of aromatic hydroxyl groups is 1. The summed E-state index contributed by atoms with van der Waals surface area (Å²) in [5.74, 6) is 1.28. The molecule has 0 spiro atoms. The molecule has 7 aromatic rings. The first-order valence-electron chi connectivity index (χ1n) is 11.3. The molecule has 0 bridgehead atoms. The predicted molar refractivity (Wildman–Crippen MR) is 136 cm³/mol. The molecule has 0 unspecified atom stereocenters. The summed E-state index contributed by atoms with van der Waals surface area (Å²) in [6.45, 7) is 0. The van der Waals surface area contributed by atoms with Crippen molar-refractivity contribution in [2.45, 2.75) is 0 Å². The van der Waals surface area contributed by atoms with Gasteiger partial charge >= 0.3 is 0 Å². The highest BCUT2D eigenvalue weighted by Gasteiger charge is 2.23. The molecule has 1 N–H and O–H groups in total. The van der Waals surface area contributed by atoms with Crippen LogP contribution in [0.15, 0.2) is 108 Å². The van der Waals surface area contributed by atoms with Gasteiger partial charge in [0, 0.05) is 11.1 Å². The van der Waals surface area contributed by atoms with E-state index in [1.54, 1.807) is 16.9 Å². The van der Waals surface area contributed by atoms with Gasteiger partial charge in [0.1, 0.15) is 17.8 Å². The number of phenolic OH excluding ortho intramolecular Hbond substituents is 1. The summed E-state index contributed by atoms with van der Waals surface area (Å²) in [4.78, 5) is 9.42. The molecule has 0 amide bonds. The van der Waals surface area contributed by atoms with E-state index in [0.717, 1.165) is 38.6 Å². The maximum absolute atomic E-state index is 10.8. The van der Waals surface area contributed by atoms with Gasteiger partial charge in [-0.3, -0.25) is 0 Å².